The molecule has 1 N–H and O–H groups in total. The molecular formula is C26H26ClN3O6S. The van der Waals surface area contributed by atoms with Crippen LogP contribution in [0.25, 0.3) is 0 Å². The molecule has 1 amide bonds. The van der Waals surface area contributed by atoms with E-state index in [0.29, 0.717) is 22.8 Å². The number of ether oxygens (including phenoxy) is 2. The van der Waals surface area contributed by atoms with E-state index in [9.17, 15) is 18.0 Å². The van der Waals surface area contributed by atoms with E-state index in [2.05, 4.69) is 15.3 Å². The molecule has 0 fully saturated rings. The summed E-state index contributed by atoms with van der Waals surface area (Å²) in [5, 5.41) is 4.33. The van der Waals surface area contributed by atoms with E-state index < -0.39 is 28.4 Å². The minimum absolute atomic E-state index is 0.0378. The first kappa shape index (κ1) is 27.9. The topological polar surface area (TPSA) is 114 Å². The largest absolute Gasteiger partial charge is 0.482 e. The molecule has 0 radical (unpaired) electrons. The number of hydrogen-bond acceptors (Lipinski definition) is 7. The molecule has 3 aromatic carbocycles. The molecule has 0 aliphatic carbocycles. The van der Waals surface area contributed by atoms with Gasteiger partial charge in [-0.05, 0) is 66.1 Å². The maximum atomic E-state index is 13.3. The highest BCUT2D eigenvalue weighted by atomic mass is 35.5. The number of nitrogens with one attached hydrogen (secondary N) is 1. The van der Waals surface area contributed by atoms with Gasteiger partial charge in [0.05, 0.1) is 24.8 Å². The van der Waals surface area contributed by atoms with Gasteiger partial charge in [0.15, 0.2) is 6.61 Å². The highest BCUT2D eigenvalue weighted by Crippen LogP contribution is 2.19. The van der Waals surface area contributed by atoms with Crippen molar-refractivity contribution in [2.75, 3.05) is 26.8 Å². The van der Waals surface area contributed by atoms with E-state index in [1.807, 2.05) is 30.3 Å². The van der Waals surface area contributed by atoms with Gasteiger partial charge in [-0.3, -0.25) is 4.79 Å². The number of sulfonamides is 1. The maximum Gasteiger partial charge on any atom is 0.343 e. The third-order valence-corrected chi connectivity index (χ3v) is 7.24. The lowest BCUT2D eigenvalue weighted by molar-refractivity contribution is -0.142. The van der Waals surface area contributed by atoms with E-state index >= 15 is 0 Å². The van der Waals surface area contributed by atoms with Gasteiger partial charge in [-0.2, -0.15) is 9.41 Å². The minimum Gasteiger partial charge on any atom is -0.482 e. The summed E-state index contributed by atoms with van der Waals surface area (Å²) in [7, 11) is -2.69. The maximum absolute atomic E-state index is 13.3. The molecule has 0 aliphatic rings. The first-order valence-electron chi connectivity index (χ1n) is 11.2. The van der Waals surface area contributed by atoms with Gasteiger partial charge < -0.3 is 9.47 Å². The van der Waals surface area contributed by atoms with Gasteiger partial charge in [-0.25, -0.2) is 18.6 Å². The Morgan fingerprint density at radius 2 is 1.68 bits per heavy atom. The number of hydrogen-bond donors (Lipinski definition) is 1. The highest BCUT2D eigenvalue weighted by Gasteiger charge is 2.26. The molecule has 3 aromatic rings. The predicted molar refractivity (Wildman–Crippen MR) is 140 cm³/mol. The summed E-state index contributed by atoms with van der Waals surface area (Å²) in [6.07, 6.45) is 1.83. The molecule has 0 atom stereocenters. The smallest absolute Gasteiger partial charge is 0.343 e. The molecule has 0 saturated carbocycles. The van der Waals surface area contributed by atoms with Crippen molar-refractivity contribution in [3.8, 4) is 5.75 Å². The summed E-state index contributed by atoms with van der Waals surface area (Å²) in [5.74, 6) is -0.628. The van der Waals surface area contributed by atoms with E-state index in [4.69, 9.17) is 16.3 Å². The lowest BCUT2D eigenvalue weighted by Crippen LogP contribution is -2.40. The lowest BCUT2D eigenvalue weighted by atomic mass is 10.1. The van der Waals surface area contributed by atoms with Crippen LogP contribution in [0.2, 0.25) is 5.02 Å². The van der Waals surface area contributed by atoms with Crippen molar-refractivity contribution in [2.24, 2.45) is 5.10 Å². The number of hydrazone groups is 1. The second-order valence-corrected chi connectivity index (χ2v) is 10.1. The van der Waals surface area contributed by atoms with E-state index in [-0.39, 0.29) is 18.0 Å². The number of carbonyl (C=O) groups excluding carboxylic acids is 2. The molecule has 0 aromatic heterocycles. The summed E-state index contributed by atoms with van der Waals surface area (Å²) < 4.78 is 37.4. The molecule has 0 saturated heterocycles. The van der Waals surface area contributed by atoms with Crippen LogP contribution in [0.3, 0.4) is 0 Å². The molecule has 0 bridgehead atoms. The zero-order chi connectivity index (χ0) is 26.7. The molecule has 0 spiro atoms. The number of esters is 1. The van der Waals surface area contributed by atoms with Crippen LogP contribution in [0.1, 0.15) is 11.1 Å². The van der Waals surface area contributed by atoms with Crippen LogP contribution in [0, 0.1) is 0 Å². The molecule has 0 heterocycles. The standard InChI is InChI=1S/C26H26ClN3O6S/c1-35-26(32)19-36-23-11-7-21(8-12-23)17-28-29-25(31)18-30(16-15-20-5-3-2-4-6-20)37(33,34)24-13-9-22(27)10-14-24/h2-14,17H,15-16,18-19H2,1H3,(H,29,31)/b28-17+. The van der Waals surface area contributed by atoms with Crippen molar-refractivity contribution >= 4 is 39.7 Å². The number of halogens is 1. The van der Waals surface area contributed by atoms with Gasteiger partial charge in [0.25, 0.3) is 5.91 Å². The Kier molecular flexibility index (Phi) is 10.2. The van der Waals surface area contributed by atoms with Gasteiger partial charge in [0.2, 0.25) is 10.0 Å². The summed E-state index contributed by atoms with van der Waals surface area (Å²) in [4.78, 5) is 23.8. The Hall–Kier alpha value is -3.73. The predicted octanol–water partition coefficient (Wildman–Crippen LogP) is 3.28. The number of nitrogens with zero attached hydrogens (tertiary/aromatic N) is 2. The van der Waals surface area contributed by atoms with Crippen molar-refractivity contribution in [2.45, 2.75) is 11.3 Å². The van der Waals surface area contributed by atoms with Crippen molar-refractivity contribution in [1.82, 2.24) is 9.73 Å². The fraction of sp³-hybridized carbons (Fsp3) is 0.192. The Bertz CT molecular complexity index is 1310. The quantitative estimate of drug-likeness (QED) is 0.213. The van der Waals surface area contributed by atoms with Crippen molar-refractivity contribution < 1.29 is 27.5 Å². The van der Waals surface area contributed by atoms with Gasteiger partial charge in [0.1, 0.15) is 5.75 Å². The van der Waals surface area contributed by atoms with Gasteiger partial charge >= 0.3 is 5.97 Å². The SMILES string of the molecule is COC(=O)COc1ccc(/C=N/NC(=O)CN(CCc2ccccc2)S(=O)(=O)c2ccc(Cl)cc2)cc1. The number of carbonyl (C=O) groups is 2. The Morgan fingerprint density at radius 3 is 2.32 bits per heavy atom. The summed E-state index contributed by atoms with van der Waals surface area (Å²) in [5.41, 5.74) is 3.96. The average Bonchev–Trinajstić information content (AvgIpc) is 2.91. The molecule has 3 rings (SSSR count). The van der Waals surface area contributed by atoms with Crippen LogP contribution in [0.5, 0.6) is 5.75 Å². The van der Waals surface area contributed by atoms with Crippen LogP contribution in [-0.2, 0) is 30.8 Å². The van der Waals surface area contributed by atoms with E-state index in [1.165, 1.54) is 37.6 Å². The highest BCUT2D eigenvalue weighted by molar-refractivity contribution is 7.89. The zero-order valence-corrected chi connectivity index (χ0v) is 21.6. The normalized spacial score (nSPS) is 11.4. The summed E-state index contributed by atoms with van der Waals surface area (Å²) in [6.45, 7) is -0.533. The van der Waals surface area contributed by atoms with Gasteiger partial charge in [0, 0.05) is 11.6 Å². The van der Waals surface area contributed by atoms with E-state index in [0.717, 1.165) is 9.87 Å². The summed E-state index contributed by atoms with van der Waals surface area (Å²) >= 11 is 5.90. The monoisotopic (exact) mass is 543 g/mol. The first-order valence-corrected chi connectivity index (χ1v) is 13.0. The number of rotatable bonds is 12. The Labute approximate surface area is 220 Å². The second kappa shape index (κ2) is 13.5. The molecule has 11 heteroatoms. The minimum atomic E-state index is -3.96. The molecule has 194 valence electrons. The van der Waals surface area contributed by atoms with Crippen molar-refractivity contribution in [3.05, 3.63) is 95.0 Å². The number of amides is 1. The van der Waals surface area contributed by atoms with Gasteiger partial charge in [-0.1, -0.05) is 41.9 Å². The third-order valence-electron chi connectivity index (χ3n) is 5.13. The fourth-order valence-corrected chi connectivity index (χ4v) is 4.69. The van der Waals surface area contributed by atoms with Crippen LogP contribution in [0.15, 0.2) is 88.9 Å². The number of methoxy groups -OCH3 is 1. The Balaban J connectivity index is 1.64. The van der Waals surface area contributed by atoms with Crippen LogP contribution in [-0.4, -0.2) is 57.6 Å². The molecular weight excluding hydrogens is 518 g/mol. The number of benzene rings is 3. The summed E-state index contributed by atoms with van der Waals surface area (Å²) in [6, 6.07) is 21.8. The zero-order valence-electron chi connectivity index (χ0n) is 20.0. The van der Waals surface area contributed by atoms with Crippen LogP contribution >= 0.6 is 11.6 Å². The molecule has 37 heavy (non-hydrogen) atoms. The fourth-order valence-electron chi connectivity index (χ4n) is 3.16. The molecule has 0 unspecified atom stereocenters. The van der Waals surface area contributed by atoms with E-state index in [1.54, 1.807) is 24.3 Å². The third kappa shape index (κ3) is 8.71. The molecule has 0 aliphatic heterocycles. The molecule has 9 nitrogen and oxygen atoms in total. The Morgan fingerprint density at radius 1 is 1.00 bits per heavy atom. The lowest BCUT2D eigenvalue weighted by Gasteiger charge is -2.21. The van der Waals surface area contributed by atoms with Gasteiger partial charge in [-0.15, -0.1) is 0 Å². The van der Waals surface area contributed by atoms with Crippen LogP contribution in [0.4, 0.5) is 0 Å². The van der Waals surface area contributed by atoms with Crippen molar-refractivity contribution in [3.63, 3.8) is 0 Å². The first-order chi connectivity index (χ1) is 17.8. The van der Waals surface area contributed by atoms with Crippen LogP contribution < -0.4 is 10.2 Å². The van der Waals surface area contributed by atoms with Crippen molar-refractivity contribution in [1.29, 1.82) is 0 Å². The second-order valence-electron chi connectivity index (χ2n) is 7.76. The average molecular weight is 544 g/mol.